The fourth-order valence-corrected chi connectivity index (χ4v) is 1.86. The molecule has 3 nitrogen and oxygen atoms in total. The normalized spacial score (nSPS) is 13.3. The molecule has 0 bridgehead atoms. The molecule has 0 amide bonds. The summed E-state index contributed by atoms with van der Waals surface area (Å²) >= 11 is 0. The lowest BCUT2D eigenvalue weighted by molar-refractivity contribution is 0.676. The maximum absolute atomic E-state index is 5.67. The van der Waals surface area contributed by atoms with Crippen molar-refractivity contribution in [1.29, 1.82) is 0 Å². The molecule has 0 fully saturated rings. The van der Waals surface area contributed by atoms with Crippen LogP contribution in [0.4, 0.5) is 0 Å². The molecule has 0 saturated carbocycles. The highest BCUT2D eigenvalue weighted by atomic mass is 15.1. The van der Waals surface area contributed by atoms with Gasteiger partial charge in [-0.15, -0.1) is 0 Å². The molecule has 1 aromatic carbocycles. The van der Waals surface area contributed by atoms with E-state index in [0.717, 1.165) is 11.3 Å². The van der Waals surface area contributed by atoms with Gasteiger partial charge in [-0.05, 0) is 24.6 Å². The van der Waals surface area contributed by atoms with Crippen molar-refractivity contribution < 1.29 is 0 Å². The zero-order valence-corrected chi connectivity index (χ0v) is 9.49. The number of imidazole rings is 1. The number of benzene rings is 1. The molecule has 2 rings (SSSR count). The Morgan fingerprint density at radius 2 is 2.20 bits per heavy atom. The molecule has 0 radical (unpaired) electrons. The quantitative estimate of drug-likeness (QED) is 0.810. The van der Waals surface area contributed by atoms with Gasteiger partial charge in [-0.1, -0.05) is 13.0 Å². The first-order chi connectivity index (χ1) is 7.13. The number of hydrogen-bond acceptors (Lipinski definition) is 2. The van der Waals surface area contributed by atoms with E-state index >= 15 is 0 Å². The number of aromatic nitrogens is 2. The van der Waals surface area contributed by atoms with Gasteiger partial charge in [-0.2, -0.15) is 0 Å². The summed E-state index contributed by atoms with van der Waals surface area (Å²) in [5, 5.41) is 0. The highest BCUT2D eigenvalue weighted by Gasteiger charge is 2.12. The van der Waals surface area contributed by atoms with Gasteiger partial charge in [0, 0.05) is 19.5 Å². The van der Waals surface area contributed by atoms with Crippen LogP contribution in [0.1, 0.15) is 24.2 Å². The highest BCUT2D eigenvalue weighted by molar-refractivity contribution is 5.76. The van der Waals surface area contributed by atoms with Crippen molar-refractivity contribution in [3.63, 3.8) is 0 Å². The Hall–Kier alpha value is -1.35. The first-order valence-corrected chi connectivity index (χ1v) is 5.26. The van der Waals surface area contributed by atoms with Gasteiger partial charge in [0.05, 0.1) is 11.0 Å². The summed E-state index contributed by atoms with van der Waals surface area (Å²) in [4.78, 5) is 4.61. The lowest BCUT2D eigenvalue weighted by Gasteiger charge is -2.07. The SMILES string of the molecule is Cc1ccc2nc(C(C)CN)n(C)c2c1. The minimum absolute atomic E-state index is 0.308. The molecule has 0 aliphatic heterocycles. The summed E-state index contributed by atoms with van der Waals surface area (Å²) < 4.78 is 2.14. The third-order valence-electron chi connectivity index (χ3n) is 2.87. The Balaban J connectivity index is 2.64. The maximum Gasteiger partial charge on any atom is 0.113 e. The Labute approximate surface area is 89.9 Å². The van der Waals surface area contributed by atoms with Gasteiger partial charge >= 0.3 is 0 Å². The van der Waals surface area contributed by atoms with E-state index in [9.17, 15) is 0 Å². The Morgan fingerprint density at radius 1 is 1.47 bits per heavy atom. The van der Waals surface area contributed by atoms with E-state index in [4.69, 9.17) is 5.73 Å². The van der Waals surface area contributed by atoms with Crippen molar-refractivity contribution >= 4 is 11.0 Å². The van der Waals surface area contributed by atoms with Crippen molar-refractivity contribution in [2.24, 2.45) is 12.8 Å². The molecular weight excluding hydrogens is 186 g/mol. The molecule has 15 heavy (non-hydrogen) atoms. The zero-order chi connectivity index (χ0) is 11.0. The average molecular weight is 203 g/mol. The van der Waals surface area contributed by atoms with Gasteiger partial charge in [0.2, 0.25) is 0 Å². The van der Waals surface area contributed by atoms with E-state index in [-0.39, 0.29) is 0 Å². The molecule has 2 aromatic rings. The minimum atomic E-state index is 0.308. The van der Waals surface area contributed by atoms with Crippen LogP contribution in [-0.2, 0) is 7.05 Å². The Kier molecular flexibility index (Phi) is 2.49. The number of rotatable bonds is 2. The van der Waals surface area contributed by atoms with E-state index < -0.39 is 0 Å². The summed E-state index contributed by atoms with van der Waals surface area (Å²) in [5.41, 5.74) is 9.17. The van der Waals surface area contributed by atoms with Gasteiger partial charge in [0.15, 0.2) is 0 Å². The van der Waals surface area contributed by atoms with Crippen molar-refractivity contribution in [3.8, 4) is 0 Å². The van der Waals surface area contributed by atoms with Crippen LogP contribution < -0.4 is 5.73 Å². The van der Waals surface area contributed by atoms with Crippen LogP contribution in [0.25, 0.3) is 11.0 Å². The van der Waals surface area contributed by atoms with E-state index in [1.807, 2.05) is 0 Å². The summed E-state index contributed by atoms with van der Waals surface area (Å²) in [5.74, 6) is 1.38. The molecule has 3 heteroatoms. The van der Waals surface area contributed by atoms with E-state index in [1.165, 1.54) is 11.1 Å². The Bertz CT molecular complexity index is 485. The molecule has 0 aliphatic carbocycles. The Morgan fingerprint density at radius 3 is 2.87 bits per heavy atom. The smallest absolute Gasteiger partial charge is 0.113 e. The molecule has 1 unspecified atom stereocenters. The molecule has 1 atom stereocenters. The van der Waals surface area contributed by atoms with Gasteiger partial charge < -0.3 is 10.3 Å². The molecule has 0 saturated heterocycles. The topological polar surface area (TPSA) is 43.8 Å². The fourth-order valence-electron chi connectivity index (χ4n) is 1.86. The lowest BCUT2D eigenvalue weighted by atomic mass is 10.2. The van der Waals surface area contributed by atoms with Crippen LogP contribution >= 0.6 is 0 Å². The number of hydrogen-bond donors (Lipinski definition) is 1. The van der Waals surface area contributed by atoms with Crippen molar-refractivity contribution in [1.82, 2.24) is 9.55 Å². The molecule has 1 heterocycles. The van der Waals surface area contributed by atoms with Crippen molar-refractivity contribution in [3.05, 3.63) is 29.6 Å². The largest absolute Gasteiger partial charge is 0.331 e. The molecule has 1 aromatic heterocycles. The second-order valence-corrected chi connectivity index (χ2v) is 4.16. The van der Waals surface area contributed by atoms with Gasteiger partial charge in [-0.25, -0.2) is 4.98 Å². The number of nitrogens with two attached hydrogens (primary N) is 1. The molecule has 0 aliphatic rings. The molecular formula is C12H17N3. The third-order valence-corrected chi connectivity index (χ3v) is 2.87. The lowest BCUT2D eigenvalue weighted by Crippen LogP contribution is -2.13. The third kappa shape index (κ3) is 1.63. The second kappa shape index (κ2) is 3.66. The minimum Gasteiger partial charge on any atom is -0.331 e. The molecule has 80 valence electrons. The van der Waals surface area contributed by atoms with E-state index in [1.54, 1.807) is 0 Å². The van der Waals surface area contributed by atoms with Crippen LogP contribution in [0.2, 0.25) is 0 Å². The van der Waals surface area contributed by atoms with Crippen LogP contribution in [-0.4, -0.2) is 16.1 Å². The summed E-state index contributed by atoms with van der Waals surface area (Å²) in [6, 6.07) is 6.32. The predicted octanol–water partition coefficient (Wildman–Crippen LogP) is 1.94. The molecule has 0 spiro atoms. The van der Waals surface area contributed by atoms with Crippen molar-refractivity contribution in [2.45, 2.75) is 19.8 Å². The van der Waals surface area contributed by atoms with Crippen LogP contribution in [0.3, 0.4) is 0 Å². The monoisotopic (exact) mass is 203 g/mol. The summed E-state index contributed by atoms with van der Waals surface area (Å²) in [6.45, 7) is 4.84. The summed E-state index contributed by atoms with van der Waals surface area (Å²) in [7, 11) is 2.05. The van der Waals surface area contributed by atoms with Crippen LogP contribution in [0.5, 0.6) is 0 Å². The van der Waals surface area contributed by atoms with Gasteiger partial charge in [0.25, 0.3) is 0 Å². The van der Waals surface area contributed by atoms with Crippen LogP contribution in [0.15, 0.2) is 18.2 Å². The van der Waals surface area contributed by atoms with E-state index in [2.05, 4.69) is 48.6 Å². The molecule has 2 N–H and O–H groups in total. The standard InChI is InChI=1S/C12H17N3/c1-8-4-5-10-11(6-8)15(3)12(14-10)9(2)7-13/h4-6,9H,7,13H2,1-3H3. The highest BCUT2D eigenvalue weighted by Crippen LogP contribution is 2.20. The maximum atomic E-state index is 5.67. The summed E-state index contributed by atoms with van der Waals surface area (Å²) in [6.07, 6.45) is 0. The number of fused-ring (bicyclic) bond motifs is 1. The van der Waals surface area contributed by atoms with Crippen LogP contribution in [0, 0.1) is 6.92 Å². The zero-order valence-electron chi connectivity index (χ0n) is 9.49. The van der Waals surface area contributed by atoms with Gasteiger partial charge in [-0.3, -0.25) is 0 Å². The van der Waals surface area contributed by atoms with Gasteiger partial charge in [0.1, 0.15) is 5.82 Å². The number of nitrogens with zero attached hydrogens (tertiary/aromatic N) is 2. The first-order valence-electron chi connectivity index (χ1n) is 5.26. The average Bonchev–Trinajstić information content (AvgIpc) is 2.55. The first kappa shape index (κ1) is 10.2. The van der Waals surface area contributed by atoms with Crippen molar-refractivity contribution in [2.75, 3.05) is 6.54 Å². The fraction of sp³-hybridized carbons (Fsp3) is 0.417. The number of aryl methyl sites for hydroxylation is 2. The second-order valence-electron chi connectivity index (χ2n) is 4.16. The predicted molar refractivity (Wildman–Crippen MR) is 62.9 cm³/mol. The van der Waals surface area contributed by atoms with E-state index in [0.29, 0.717) is 12.5 Å².